The fourth-order valence-corrected chi connectivity index (χ4v) is 4.13. The van der Waals surface area contributed by atoms with Crippen molar-refractivity contribution >= 4 is 42.1 Å². The molecule has 1 aliphatic carbocycles. The van der Waals surface area contributed by atoms with E-state index in [0.717, 1.165) is 29.5 Å². The van der Waals surface area contributed by atoms with Gasteiger partial charge in [0.2, 0.25) is 5.91 Å². The summed E-state index contributed by atoms with van der Waals surface area (Å²) in [6, 6.07) is 0.612. The van der Waals surface area contributed by atoms with Crippen LogP contribution in [0.3, 0.4) is 0 Å². The number of carbonyl (C=O) groups excluding carboxylic acids is 1. The van der Waals surface area contributed by atoms with E-state index in [0.29, 0.717) is 12.6 Å². The third-order valence-electron chi connectivity index (χ3n) is 4.53. The lowest BCUT2D eigenvalue weighted by Gasteiger charge is -2.24. The van der Waals surface area contributed by atoms with Gasteiger partial charge < -0.3 is 10.6 Å². The van der Waals surface area contributed by atoms with Crippen LogP contribution in [0.25, 0.3) is 0 Å². The monoisotopic (exact) mass is 365 g/mol. The zero-order chi connectivity index (χ0) is 13.9. The molecule has 1 saturated heterocycles. The highest BCUT2D eigenvalue weighted by Crippen LogP contribution is 2.33. The van der Waals surface area contributed by atoms with Gasteiger partial charge in [-0.25, -0.2) is 4.98 Å². The molecule has 3 unspecified atom stereocenters. The minimum atomic E-state index is 0. The Labute approximate surface area is 148 Å². The van der Waals surface area contributed by atoms with Gasteiger partial charge in [0.05, 0.1) is 16.7 Å². The van der Waals surface area contributed by atoms with E-state index in [-0.39, 0.29) is 36.8 Å². The van der Waals surface area contributed by atoms with Crippen LogP contribution in [0.2, 0.25) is 0 Å². The van der Waals surface area contributed by atoms with Crippen molar-refractivity contribution < 1.29 is 4.79 Å². The van der Waals surface area contributed by atoms with Crippen molar-refractivity contribution in [2.45, 2.75) is 57.5 Å². The highest BCUT2D eigenvalue weighted by Gasteiger charge is 2.37. The average molecular weight is 366 g/mol. The molecule has 0 radical (unpaired) electrons. The topological polar surface area (TPSA) is 54.0 Å². The zero-order valence-electron chi connectivity index (χ0n) is 12.8. The molecule has 2 N–H and O–H groups in total. The van der Waals surface area contributed by atoms with Crippen molar-refractivity contribution in [1.29, 1.82) is 0 Å². The van der Waals surface area contributed by atoms with Gasteiger partial charge in [0, 0.05) is 24.4 Å². The number of hydrogen-bond acceptors (Lipinski definition) is 4. The normalized spacial score (nSPS) is 26.5. The number of rotatable bonds is 4. The van der Waals surface area contributed by atoms with Gasteiger partial charge in [0.1, 0.15) is 0 Å². The highest BCUT2D eigenvalue weighted by atomic mass is 35.5. The first-order valence-corrected chi connectivity index (χ1v) is 8.55. The Hall–Kier alpha value is -0.360. The van der Waals surface area contributed by atoms with E-state index in [9.17, 15) is 4.79 Å². The Morgan fingerprint density at radius 3 is 2.86 bits per heavy atom. The van der Waals surface area contributed by atoms with Gasteiger partial charge in [-0.3, -0.25) is 4.79 Å². The van der Waals surface area contributed by atoms with Crippen molar-refractivity contribution in [3.8, 4) is 0 Å². The van der Waals surface area contributed by atoms with E-state index < -0.39 is 0 Å². The van der Waals surface area contributed by atoms with E-state index in [2.05, 4.69) is 21.0 Å². The first-order valence-electron chi connectivity index (χ1n) is 7.67. The number of halogens is 2. The van der Waals surface area contributed by atoms with Crippen LogP contribution < -0.4 is 10.6 Å². The maximum Gasteiger partial charge on any atom is 0.237 e. The number of amides is 1. The van der Waals surface area contributed by atoms with E-state index in [1.54, 1.807) is 11.3 Å². The first kappa shape index (κ1) is 19.7. The molecule has 1 amide bonds. The minimum absolute atomic E-state index is 0. The minimum Gasteiger partial charge on any atom is -0.354 e. The van der Waals surface area contributed by atoms with Gasteiger partial charge in [-0.05, 0) is 32.1 Å². The SMILES string of the molecule is Cc1nc(CCNC(=O)C2CC3CCCCC3N2)cs1.Cl.Cl. The van der Waals surface area contributed by atoms with Crippen LogP contribution in [0.1, 0.15) is 42.8 Å². The lowest BCUT2D eigenvalue weighted by Crippen LogP contribution is -2.43. The summed E-state index contributed by atoms with van der Waals surface area (Å²) in [5.41, 5.74) is 1.08. The second-order valence-corrected chi connectivity index (χ2v) is 7.07. The summed E-state index contributed by atoms with van der Waals surface area (Å²) in [4.78, 5) is 16.6. The predicted octanol–water partition coefficient (Wildman–Crippen LogP) is 2.87. The second-order valence-electron chi connectivity index (χ2n) is 6.00. The van der Waals surface area contributed by atoms with Crippen molar-refractivity contribution in [1.82, 2.24) is 15.6 Å². The zero-order valence-corrected chi connectivity index (χ0v) is 15.3. The molecule has 1 saturated carbocycles. The van der Waals surface area contributed by atoms with Crippen LogP contribution in [0.4, 0.5) is 0 Å². The maximum atomic E-state index is 12.2. The van der Waals surface area contributed by atoms with Gasteiger partial charge in [0.25, 0.3) is 0 Å². The standard InChI is InChI=1S/C15H23N3OS.2ClH/c1-10-17-12(9-20-10)6-7-16-15(19)14-8-11-4-2-3-5-13(11)18-14;;/h9,11,13-14,18H,2-8H2,1H3,(H,16,19);2*1H. The van der Waals surface area contributed by atoms with Crippen LogP contribution in [-0.4, -0.2) is 29.5 Å². The quantitative estimate of drug-likeness (QED) is 0.862. The number of thiazole rings is 1. The summed E-state index contributed by atoms with van der Waals surface area (Å²) in [6.45, 7) is 2.70. The molecular weight excluding hydrogens is 341 g/mol. The Balaban J connectivity index is 0.00000121. The van der Waals surface area contributed by atoms with Crippen molar-refractivity contribution in [3.63, 3.8) is 0 Å². The predicted molar refractivity (Wildman–Crippen MR) is 95.3 cm³/mol. The summed E-state index contributed by atoms with van der Waals surface area (Å²) in [6.07, 6.45) is 7.03. The largest absolute Gasteiger partial charge is 0.354 e. The Morgan fingerprint density at radius 1 is 1.41 bits per heavy atom. The van der Waals surface area contributed by atoms with Crippen LogP contribution in [0, 0.1) is 12.8 Å². The molecule has 3 atom stereocenters. The second kappa shape index (κ2) is 9.06. The number of fused-ring (bicyclic) bond motifs is 1. The van der Waals surface area contributed by atoms with Crippen molar-refractivity contribution in [2.24, 2.45) is 5.92 Å². The molecule has 126 valence electrons. The molecule has 4 nitrogen and oxygen atoms in total. The summed E-state index contributed by atoms with van der Waals surface area (Å²) in [5, 5.41) is 9.74. The summed E-state index contributed by atoms with van der Waals surface area (Å²) >= 11 is 1.67. The summed E-state index contributed by atoms with van der Waals surface area (Å²) < 4.78 is 0. The van der Waals surface area contributed by atoms with Crippen molar-refractivity contribution in [3.05, 3.63) is 16.1 Å². The molecule has 2 aliphatic rings. The van der Waals surface area contributed by atoms with Crippen LogP contribution >= 0.6 is 36.2 Å². The van der Waals surface area contributed by atoms with E-state index in [1.807, 2.05) is 6.92 Å². The molecule has 2 heterocycles. The molecule has 3 rings (SSSR count). The van der Waals surface area contributed by atoms with Gasteiger partial charge in [-0.15, -0.1) is 36.2 Å². The number of nitrogens with one attached hydrogen (secondary N) is 2. The average Bonchev–Trinajstić information content (AvgIpc) is 3.04. The third-order valence-corrected chi connectivity index (χ3v) is 5.35. The summed E-state index contributed by atoms with van der Waals surface area (Å²) in [7, 11) is 0. The lowest BCUT2D eigenvalue weighted by molar-refractivity contribution is -0.122. The number of aryl methyl sites for hydroxylation is 1. The van der Waals surface area contributed by atoms with Gasteiger partial charge in [0.15, 0.2) is 0 Å². The Kier molecular flexibility index (Phi) is 8.11. The first-order chi connectivity index (χ1) is 9.72. The van der Waals surface area contributed by atoms with Gasteiger partial charge in [-0.1, -0.05) is 12.8 Å². The molecule has 1 aliphatic heterocycles. The fraction of sp³-hybridized carbons (Fsp3) is 0.733. The number of hydrogen-bond donors (Lipinski definition) is 2. The maximum absolute atomic E-state index is 12.2. The van der Waals surface area contributed by atoms with Gasteiger partial charge in [-0.2, -0.15) is 0 Å². The van der Waals surface area contributed by atoms with Crippen LogP contribution in [-0.2, 0) is 11.2 Å². The van der Waals surface area contributed by atoms with E-state index in [4.69, 9.17) is 0 Å². The molecule has 2 fully saturated rings. The lowest BCUT2D eigenvalue weighted by atomic mass is 9.85. The molecule has 7 heteroatoms. The smallest absolute Gasteiger partial charge is 0.237 e. The van der Waals surface area contributed by atoms with Crippen LogP contribution in [0.5, 0.6) is 0 Å². The number of nitrogens with zero attached hydrogens (tertiary/aromatic N) is 1. The highest BCUT2D eigenvalue weighted by molar-refractivity contribution is 7.09. The molecule has 0 spiro atoms. The number of aromatic nitrogens is 1. The Morgan fingerprint density at radius 2 is 2.18 bits per heavy atom. The molecular formula is C15H25Cl2N3OS. The summed E-state index contributed by atoms with van der Waals surface area (Å²) in [5.74, 6) is 0.895. The fourth-order valence-electron chi connectivity index (χ4n) is 3.48. The van der Waals surface area contributed by atoms with E-state index >= 15 is 0 Å². The molecule has 22 heavy (non-hydrogen) atoms. The molecule has 0 bridgehead atoms. The third kappa shape index (κ3) is 4.82. The van der Waals surface area contributed by atoms with E-state index in [1.165, 1.54) is 25.7 Å². The molecule has 1 aromatic heterocycles. The molecule has 0 aromatic carbocycles. The van der Waals surface area contributed by atoms with Crippen LogP contribution in [0.15, 0.2) is 5.38 Å². The number of carbonyl (C=O) groups is 1. The Bertz CT molecular complexity index is 469. The van der Waals surface area contributed by atoms with Gasteiger partial charge >= 0.3 is 0 Å². The molecule has 1 aromatic rings. The van der Waals surface area contributed by atoms with Crippen molar-refractivity contribution in [2.75, 3.05) is 6.54 Å².